The van der Waals surface area contributed by atoms with Crippen LogP contribution in [0.3, 0.4) is 0 Å². The molecule has 7 nitrogen and oxygen atoms in total. The summed E-state index contributed by atoms with van der Waals surface area (Å²) in [5.74, 6) is -0.117. The maximum Gasteiger partial charge on any atom is 0.381 e. The Bertz CT molecular complexity index is 1040. The number of fused-ring (bicyclic) bond motifs is 2. The van der Waals surface area contributed by atoms with Gasteiger partial charge in [0.25, 0.3) is 0 Å². The van der Waals surface area contributed by atoms with Crippen molar-refractivity contribution >= 4 is 33.3 Å². The third-order valence-corrected chi connectivity index (χ3v) is 4.36. The number of imidazole rings is 1. The second-order valence-electron chi connectivity index (χ2n) is 6.10. The van der Waals surface area contributed by atoms with E-state index in [-0.39, 0.29) is 5.82 Å². The molecule has 4 aromatic rings. The average Bonchev–Trinajstić information content (AvgIpc) is 3.13. The van der Waals surface area contributed by atoms with Crippen molar-refractivity contribution in [1.82, 2.24) is 9.55 Å². The first-order valence-electron chi connectivity index (χ1n) is 8.45. The van der Waals surface area contributed by atoms with Gasteiger partial charge in [0.05, 0.1) is 16.5 Å². The number of nitro groups is 1. The molecule has 130 valence electrons. The molecule has 2 aromatic heterocycles. The number of anilines is 1. The quantitative estimate of drug-likeness (QED) is 0.250. The van der Waals surface area contributed by atoms with Crippen LogP contribution < -0.4 is 10.3 Å². The summed E-state index contributed by atoms with van der Waals surface area (Å²) in [5, 5.41) is 16.5. The van der Waals surface area contributed by atoms with Crippen LogP contribution in [0, 0.1) is 10.1 Å². The number of aromatic nitrogens is 3. The topological polar surface area (TPSA) is 87.1 Å². The zero-order chi connectivity index (χ0) is 17.9. The molecule has 0 fully saturated rings. The lowest BCUT2D eigenvalue weighted by molar-refractivity contribution is -0.389. The molecule has 0 unspecified atom stereocenters. The van der Waals surface area contributed by atoms with E-state index in [4.69, 9.17) is 0 Å². The normalized spacial score (nSPS) is 11.1. The number of aryl methyl sites for hydroxylation is 1. The summed E-state index contributed by atoms with van der Waals surface area (Å²) < 4.78 is 1.74. The Kier molecular flexibility index (Phi) is 4.18. The highest BCUT2D eigenvalue weighted by molar-refractivity contribution is 6.04. The van der Waals surface area contributed by atoms with E-state index in [1.165, 1.54) is 12.5 Å². The molecule has 2 heterocycles. The van der Waals surface area contributed by atoms with Crippen molar-refractivity contribution in [1.29, 1.82) is 0 Å². The summed E-state index contributed by atoms with van der Waals surface area (Å²) in [4.78, 5) is 17.5. The highest BCUT2D eigenvalue weighted by Crippen LogP contribution is 2.28. The molecule has 26 heavy (non-hydrogen) atoms. The first kappa shape index (κ1) is 16.0. The van der Waals surface area contributed by atoms with Gasteiger partial charge in [-0.1, -0.05) is 24.3 Å². The molecule has 2 aromatic carbocycles. The van der Waals surface area contributed by atoms with Gasteiger partial charge in [-0.15, -0.1) is 0 Å². The molecule has 0 atom stereocenters. The third kappa shape index (κ3) is 3.06. The van der Waals surface area contributed by atoms with Crippen LogP contribution in [0.4, 0.5) is 11.5 Å². The number of hydrogen-bond donors (Lipinski definition) is 1. The summed E-state index contributed by atoms with van der Waals surface area (Å²) in [6, 6.07) is 16.4. The summed E-state index contributed by atoms with van der Waals surface area (Å²) in [6.07, 6.45) is 3.79. The molecule has 0 bridgehead atoms. The second-order valence-corrected chi connectivity index (χ2v) is 6.10. The van der Waals surface area contributed by atoms with Crippen molar-refractivity contribution < 1.29 is 9.91 Å². The standard InChI is InChI=1S/C19H17N5O2/c25-24(26)18-12-23(13-21-18)11-5-10-20-19-14-6-1-3-8-16(14)22-17-9-4-2-7-15(17)19/h1-4,6-9,12-13H,5,10-11H2,(H,20,22)/p+1. The highest BCUT2D eigenvalue weighted by Gasteiger charge is 2.13. The van der Waals surface area contributed by atoms with Gasteiger partial charge in [0, 0.05) is 25.2 Å². The van der Waals surface area contributed by atoms with Gasteiger partial charge in [-0.05, 0) is 28.5 Å². The molecule has 0 aliphatic heterocycles. The number of nitrogens with zero attached hydrogens (tertiary/aromatic N) is 3. The van der Waals surface area contributed by atoms with Crippen LogP contribution in [-0.4, -0.2) is 21.0 Å². The summed E-state index contributed by atoms with van der Waals surface area (Å²) in [7, 11) is 0. The van der Waals surface area contributed by atoms with E-state index in [1.54, 1.807) is 4.57 Å². The first-order valence-corrected chi connectivity index (χ1v) is 8.45. The van der Waals surface area contributed by atoms with Crippen LogP contribution in [0.1, 0.15) is 6.42 Å². The second kappa shape index (κ2) is 6.79. The van der Waals surface area contributed by atoms with Gasteiger partial charge in [-0.2, -0.15) is 0 Å². The Labute approximate surface area is 149 Å². The summed E-state index contributed by atoms with van der Waals surface area (Å²) in [5.41, 5.74) is 3.27. The number of H-pyrrole nitrogens is 1. The highest BCUT2D eigenvalue weighted by atomic mass is 16.6. The Hall–Kier alpha value is -3.48. The molecule has 0 saturated heterocycles. The van der Waals surface area contributed by atoms with Gasteiger partial charge < -0.3 is 20.0 Å². The smallest absolute Gasteiger partial charge is 0.381 e. The minimum Gasteiger partial charge on any atom is -0.384 e. The Morgan fingerprint density at radius 3 is 2.35 bits per heavy atom. The largest absolute Gasteiger partial charge is 0.384 e. The van der Waals surface area contributed by atoms with Gasteiger partial charge in [0.1, 0.15) is 6.20 Å². The van der Waals surface area contributed by atoms with E-state index in [0.717, 1.165) is 40.5 Å². The van der Waals surface area contributed by atoms with Crippen LogP contribution in [0.2, 0.25) is 0 Å². The first-order chi connectivity index (χ1) is 12.7. The monoisotopic (exact) mass is 348 g/mol. The number of pyridine rings is 1. The SMILES string of the molecule is O=[N+]([O-])c1cn(CCCNc2c3ccccc3[nH+]c3ccccc23)cn1. The van der Waals surface area contributed by atoms with Crippen molar-refractivity contribution in [2.24, 2.45) is 0 Å². The van der Waals surface area contributed by atoms with Crippen molar-refractivity contribution in [2.45, 2.75) is 13.0 Å². The van der Waals surface area contributed by atoms with Gasteiger partial charge >= 0.3 is 5.82 Å². The van der Waals surface area contributed by atoms with E-state index >= 15 is 0 Å². The molecule has 4 rings (SSSR count). The fourth-order valence-electron chi connectivity index (χ4n) is 3.14. The van der Waals surface area contributed by atoms with E-state index in [1.807, 2.05) is 24.3 Å². The van der Waals surface area contributed by atoms with Gasteiger partial charge in [-0.3, -0.25) is 0 Å². The van der Waals surface area contributed by atoms with Gasteiger partial charge in [0.2, 0.25) is 17.4 Å². The number of benzene rings is 2. The third-order valence-electron chi connectivity index (χ3n) is 4.36. The molecule has 0 amide bonds. The molecule has 0 aliphatic carbocycles. The van der Waals surface area contributed by atoms with Crippen molar-refractivity contribution in [2.75, 3.05) is 11.9 Å². The van der Waals surface area contributed by atoms with Gasteiger partial charge in [-0.25, -0.2) is 4.98 Å². The molecular formula is C19H18N5O2+. The summed E-state index contributed by atoms with van der Waals surface area (Å²) in [6.45, 7) is 1.42. The van der Waals surface area contributed by atoms with Crippen molar-refractivity contribution in [3.63, 3.8) is 0 Å². The predicted molar refractivity (Wildman–Crippen MR) is 100.0 cm³/mol. The van der Waals surface area contributed by atoms with Crippen LogP contribution >= 0.6 is 0 Å². The van der Waals surface area contributed by atoms with E-state index in [0.29, 0.717) is 6.54 Å². The molecule has 0 aliphatic rings. The van der Waals surface area contributed by atoms with Crippen LogP contribution in [0.5, 0.6) is 0 Å². The Morgan fingerprint density at radius 1 is 1.08 bits per heavy atom. The molecule has 7 heteroatoms. The minimum atomic E-state index is -0.479. The molecular weight excluding hydrogens is 330 g/mol. The van der Waals surface area contributed by atoms with E-state index < -0.39 is 4.92 Å². The molecule has 2 N–H and O–H groups in total. The lowest BCUT2D eigenvalue weighted by Gasteiger charge is -2.10. The fraction of sp³-hybridized carbons (Fsp3) is 0.158. The molecule has 0 spiro atoms. The molecule has 0 saturated carbocycles. The van der Waals surface area contributed by atoms with Crippen LogP contribution in [0.15, 0.2) is 61.1 Å². The lowest BCUT2D eigenvalue weighted by Crippen LogP contribution is -2.11. The number of hydrogen-bond acceptors (Lipinski definition) is 4. The van der Waals surface area contributed by atoms with Crippen LogP contribution in [0.25, 0.3) is 21.8 Å². The van der Waals surface area contributed by atoms with E-state index in [9.17, 15) is 10.1 Å². The number of para-hydroxylation sites is 2. The lowest BCUT2D eigenvalue weighted by atomic mass is 10.1. The number of nitrogens with one attached hydrogen (secondary N) is 2. The van der Waals surface area contributed by atoms with Crippen molar-refractivity contribution in [3.05, 3.63) is 71.2 Å². The predicted octanol–water partition coefficient (Wildman–Crippen LogP) is 3.41. The summed E-state index contributed by atoms with van der Waals surface area (Å²) >= 11 is 0. The Balaban J connectivity index is 1.53. The number of rotatable bonds is 6. The zero-order valence-corrected chi connectivity index (χ0v) is 14.1. The van der Waals surface area contributed by atoms with Gasteiger partial charge in [0.15, 0.2) is 0 Å². The zero-order valence-electron chi connectivity index (χ0n) is 14.1. The van der Waals surface area contributed by atoms with Crippen molar-refractivity contribution in [3.8, 4) is 0 Å². The Morgan fingerprint density at radius 2 is 1.73 bits per heavy atom. The minimum absolute atomic E-state index is 0.117. The maximum absolute atomic E-state index is 10.7. The van der Waals surface area contributed by atoms with Crippen LogP contribution in [-0.2, 0) is 6.54 Å². The maximum atomic E-state index is 10.7. The fourth-order valence-corrected chi connectivity index (χ4v) is 3.14. The molecule has 0 radical (unpaired) electrons. The van der Waals surface area contributed by atoms with E-state index in [2.05, 4.69) is 39.6 Å². The average molecular weight is 348 g/mol. The number of aromatic amines is 1.